The quantitative estimate of drug-likeness (QED) is 0.217. The lowest BCUT2D eigenvalue weighted by atomic mass is 10.0. The van der Waals surface area contributed by atoms with Crippen molar-refractivity contribution in [2.24, 2.45) is 0 Å². The third-order valence-electron chi connectivity index (χ3n) is 4.71. The van der Waals surface area contributed by atoms with Crippen LogP contribution in [0.4, 0.5) is 0 Å². The Hall–Kier alpha value is -2.96. The summed E-state index contributed by atoms with van der Waals surface area (Å²) in [5.41, 5.74) is 3.67. The van der Waals surface area contributed by atoms with Crippen molar-refractivity contribution in [3.8, 4) is 11.5 Å². The van der Waals surface area contributed by atoms with Gasteiger partial charge < -0.3 is 9.84 Å². The summed E-state index contributed by atoms with van der Waals surface area (Å²) in [6, 6.07) is 16.8. The zero-order valence-electron chi connectivity index (χ0n) is 18.0. The molecule has 0 amide bonds. The summed E-state index contributed by atoms with van der Waals surface area (Å²) in [6.07, 6.45) is 6.07. The second-order valence-corrected chi connectivity index (χ2v) is 8.60. The lowest BCUT2D eigenvalue weighted by molar-refractivity contribution is 0.111. The second-order valence-electron chi connectivity index (χ2n) is 6.89. The minimum atomic E-state index is 0.130. The number of carbonyl (C=O) groups is 2. The Morgan fingerprint density at radius 3 is 1.91 bits per heavy atom. The Bertz CT molecular complexity index is 1120. The van der Waals surface area contributed by atoms with Crippen molar-refractivity contribution < 1.29 is 19.4 Å². The van der Waals surface area contributed by atoms with Crippen molar-refractivity contribution in [3.63, 3.8) is 0 Å². The van der Waals surface area contributed by atoms with E-state index in [9.17, 15) is 14.7 Å². The normalized spacial score (nSPS) is 9.88. The van der Waals surface area contributed by atoms with Gasteiger partial charge in [-0.25, -0.2) is 0 Å². The van der Waals surface area contributed by atoms with Crippen LogP contribution < -0.4 is 4.74 Å². The first-order valence-corrected chi connectivity index (χ1v) is 11.7. The van der Waals surface area contributed by atoms with Crippen LogP contribution in [0.25, 0.3) is 0 Å². The first kappa shape index (κ1) is 26.3. The number of aromatic hydroxyl groups is 1. The van der Waals surface area contributed by atoms with Gasteiger partial charge in [0.1, 0.15) is 18.1 Å². The molecule has 0 aliphatic rings. The van der Waals surface area contributed by atoms with E-state index in [1.54, 1.807) is 24.3 Å². The number of benzene rings is 3. The van der Waals surface area contributed by atoms with Gasteiger partial charge in [0.25, 0.3) is 0 Å². The maximum Gasteiger partial charge on any atom is 0.151 e. The average Bonchev–Trinajstić information content (AvgIpc) is 2.83. The SMILES string of the molecule is C=CCc1c(O)ccc(Br)c1C=O.C=CCc1c(OCc2ccccc2)ccc(Br)c1C=O. The molecule has 0 aliphatic carbocycles. The molecule has 0 aromatic heterocycles. The van der Waals surface area contributed by atoms with Gasteiger partial charge in [0.05, 0.1) is 0 Å². The third kappa shape index (κ3) is 7.27. The molecule has 3 rings (SSSR count). The predicted octanol–water partition coefficient (Wildman–Crippen LogP) is 7.26. The Morgan fingerprint density at radius 1 is 0.788 bits per heavy atom. The highest BCUT2D eigenvalue weighted by Crippen LogP contribution is 2.29. The summed E-state index contributed by atoms with van der Waals surface area (Å²) in [7, 11) is 0. The van der Waals surface area contributed by atoms with Gasteiger partial charge in [0.2, 0.25) is 0 Å². The number of carbonyl (C=O) groups excluding carboxylic acids is 2. The van der Waals surface area contributed by atoms with E-state index >= 15 is 0 Å². The highest BCUT2D eigenvalue weighted by molar-refractivity contribution is 9.10. The molecule has 0 fully saturated rings. The van der Waals surface area contributed by atoms with Gasteiger partial charge in [-0.3, -0.25) is 9.59 Å². The van der Waals surface area contributed by atoms with E-state index < -0.39 is 0 Å². The smallest absolute Gasteiger partial charge is 0.151 e. The number of aldehydes is 2. The van der Waals surface area contributed by atoms with Crippen LogP contribution in [0.5, 0.6) is 11.5 Å². The summed E-state index contributed by atoms with van der Waals surface area (Å²) < 4.78 is 7.31. The van der Waals surface area contributed by atoms with Crippen LogP contribution >= 0.6 is 31.9 Å². The molecule has 0 aliphatic heterocycles. The summed E-state index contributed by atoms with van der Waals surface area (Å²) in [5.74, 6) is 0.851. The fourth-order valence-electron chi connectivity index (χ4n) is 3.08. The molecular formula is C27H24Br2O4. The lowest BCUT2D eigenvalue weighted by Crippen LogP contribution is -2.01. The van der Waals surface area contributed by atoms with Crippen molar-refractivity contribution in [2.45, 2.75) is 19.4 Å². The minimum absolute atomic E-state index is 0.130. The van der Waals surface area contributed by atoms with Crippen molar-refractivity contribution >= 4 is 44.4 Å². The molecule has 0 radical (unpaired) electrons. The van der Waals surface area contributed by atoms with Gasteiger partial charge in [-0.2, -0.15) is 0 Å². The van der Waals surface area contributed by atoms with Gasteiger partial charge in [-0.15, -0.1) is 13.2 Å². The van der Waals surface area contributed by atoms with Crippen molar-refractivity contribution in [3.05, 3.63) is 117 Å². The van der Waals surface area contributed by atoms with Gasteiger partial charge in [-0.05, 0) is 42.7 Å². The van der Waals surface area contributed by atoms with E-state index in [1.807, 2.05) is 42.5 Å². The predicted molar refractivity (Wildman–Crippen MR) is 139 cm³/mol. The molecule has 0 spiro atoms. The van der Waals surface area contributed by atoms with Crippen molar-refractivity contribution in [1.82, 2.24) is 0 Å². The molecule has 0 bridgehead atoms. The molecule has 6 heteroatoms. The Labute approximate surface area is 210 Å². The molecule has 3 aromatic rings. The van der Waals surface area contributed by atoms with Gasteiger partial charge in [0.15, 0.2) is 12.6 Å². The molecule has 0 saturated carbocycles. The number of phenolic OH excluding ortho intramolecular Hbond substituents is 1. The largest absolute Gasteiger partial charge is 0.508 e. The van der Waals surface area contributed by atoms with Gasteiger partial charge in [0, 0.05) is 31.2 Å². The molecular weight excluding hydrogens is 548 g/mol. The maximum atomic E-state index is 11.2. The van der Waals surface area contributed by atoms with Crippen LogP contribution in [0.1, 0.15) is 37.4 Å². The fraction of sp³-hybridized carbons (Fsp3) is 0.111. The molecule has 33 heavy (non-hydrogen) atoms. The first-order chi connectivity index (χ1) is 16.0. The van der Waals surface area contributed by atoms with E-state index in [0.29, 0.717) is 40.6 Å². The first-order valence-electron chi connectivity index (χ1n) is 10.1. The number of hydrogen-bond donors (Lipinski definition) is 1. The highest BCUT2D eigenvalue weighted by atomic mass is 79.9. The zero-order valence-corrected chi connectivity index (χ0v) is 21.1. The molecule has 4 nitrogen and oxygen atoms in total. The fourth-order valence-corrected chi connectivity index (χ4v) is 4.01. The van der Waals surface area contributed by atoms with Gasteiger partial charge in [-0.1, -0.05) is 74.3 Å². The number of halogens is 2. The van der Waals surface area contributed by atoms with E-state index in [-0.39, 0.29) is 5.75 Å². The Morgan fingerprint density at radius 2 is 1.33 bits per heavy atom. The Balaban J connectivity index is 0.000000257. The molecule has 0 atom stereocenters. The van der Waals surface area contributed by atoms with Crippen molar-refractivity contribution in [1.29, 1.82) is 0 Å². The summed E-state index contributed by atoms with van der Waals surface area (Å²) in [6.45, 7) is 7.77. The highest BCUT2D eigenvalue weighted by Gasteiger charge is 2.12. The van der Waals surface area contributed by atoms with E-state index in [1.165, 1.54) is 0 Å². The second kappa shape index (κ2) is 13.6. The lowest BCUT2D eigenvalue weighted by Gasteiger charge is -2.13. The van der Waals surface area contributed by atoms with E-state index in [0.717, 1.165) is 33.9 Å². The van der Waals surface area contributed by atoms with Crippen LogP contribution in [0.3, 0.4) is 0 Å². The topological polar surface area (TPSA) is 63.6 Å². The Kier molecular flexibility index (Phi) is 10.8. The maximum absolute atomic E-state index is 11.2. The molecule has 0 unspecified atom stereocenters. The number of rotatable bonds is 9. The van der Waals surface area contributed by atoms with Crippen molar-refractivity contribution in [2.75, 3.05) is 0 Å². The monoisotopic (exact) mass is 570 g/mol. The van der Waals surface area contributed by atoms with Crippen LogP contribution in [0.2, 0.25) is 0 Å². The summed E-state index contributed by atoms with van der Waals surface area (Å²) in [4.78, 5) is 21.9. The van der Waals surface area contributed by atoms with E-state index in [4.69, 9.17) is 4.74 Å². The van der Waals surface area contributed by atoms with Crippen LogP contribution in [-0.2, 0) is 19.4 Å². The molecule has 1 N–H and O–H groups in total. The molecule has 0 heterocycles. The summed E-state index contributed by atoms with van der Waals surface area (Å²) in [5, 5.41) is 9.45. The molecule has 170 valence electrons. The van der Waals surface area contributed by atoms with Gasteiger partial charge >= 0.3 is 0 Å². The van der Waals surface area contributed by atoms with Crippen LogP contribution in [0, 0.1) is 0 Å². The van der Waals surface area contributed by atoms with Crippen LogP contribution in [0.15, 0.2) is 88.9 Å². The molecule has 3 aromatic carbocycles. The number of allylic oxidation sites excluding steroid dienone is 2. The number of ether oxygens (including phenoxy) is 1. The van der Waals surface area contributed by atoms with E-state index in [2.05, 4.69) is 45.0 Å². The number of phenols is 1. The number of hydrogen-bond acceptors (Lipinski definition) is 4. The molecule has 0 saturated heterocycles. The standard InChI is InChI=1S/C17H15BrO2.C10H9BrO2/c1-2-6-14-15(11-19)16(18)9-10-17(14)20-12-13-7-4-3-5-8-13;1-2-3-7-8(6-12)9(11)4-5-10(7)13/h2-5,7-11H,1,6,12H2;2,4-6,13H,1,3H2. The average molecular weight is 572 g/mol. The third-order valence-corrected chi connectivity index (χ3v) is 6.09. The van der Waals surface area contributed by atoms with Crippen LogP contribution in [-0.4, -0.2) is 17.7 Å². The summed E-state index contributed by atoms with van der Waals surface area (Å²) >= 11 is 6.62. The zero-order chi connectivity index (χ0) is 24.2. The minimum Gasteiger partial charge on any atom is -0.508 e.